The van der Waals surface area contributed by atoms with Gasteiger partial charge in [-0.25, -0.2) is 4.79 Å². The average Bonchev–Trinajstić information content (AvgIpc) is 2.49. The van der Waals surface area contributed by atoms with E-state index in [1.54, 1.807) is 6.92 Å². The lowest BCUT2D eigenvalue weighted by Gasteiger charge is -2.09. The molecule has 2 heterocycles. The molecule has 0 fully saturated rings. The van der Waals surface area contributed by atoms with Gasteiger partial charge in [-0.05, 0) is 25.1 Å². The van der Waals surface area contributed by atoms with Gasteiger partial charge in [0.25, 0.3) is 0 Å². The Balaban J connectivity index is 2.63. The van der Waals surface area contributed by atoms with E-state index in [1.165, 1.54) is 22.8 Å². The first-order valence-corrected chi connectivity index (χ1v) is 6.84. The molecule has 1 aromatic carbocycles. The van der Waals surface area contributed by atoms with Gasteiger partial charge in [-0.15, -0.1) is 0 Å². The Labute approximate surface area is 128 Å². The molecule has 0 aliphatic rings. The van der Waals surface area contributed by atoms with Crippen LogP contribution in [0, 0.1) is 0 Å². The maximum Gasteiger partial charge on any atom is 0.341 e. The highest BCUT2D eigenvalue weighted by Gasteiger charge is 2.19. The predicted molar refractivity (Wildman–Crippen MR) is 81.9 cm³/mol. The number of aryl methyl sites for hydroxylation is 1. The number of benzene rings is 1. The minimum atomic E-state index is -1.37. The van der Waals surface area contributed by atoms with Gasteiger partial charge in [0.1, 0.15) is 16.7 Å². The monoisotopic (exact) mass is 319 g/mol. The van der Waals surface area contributed by atoms with E-state index >= 15 is 0 Å². The maximum absolute atomic E-state index is 12.6. The highest BCUT2D eigenvalue weighted by atomic mass is 35.5. The van der Waals surface area contributed by atoms with Crippen LogP contribution < -0.4 is 10.9 Å². The number of hydrogen-bond acceptors (Lipinski definition) is 4. The zero-order chi connectivity index (χ0) is 16.0. The number of rotatable bonds is 2. The Morgan fingerprint density at radius 2 is 2.05 bits per heavy atom. The fraction of sp³-hybridized carbons (Fsp3) is 0.133. The number of fused-ring (bicyclic) bond motifs is 2. The summed E-state index contributed by atoms with van der Waals surface area (Å²) in [5.74, 6) is -1.37. The summed E-state index contributed by atoms with van der Waals surface area (Å²) in [7, 11) is 0. The quantitative estimate of drug-likeness (QED) is 0.733. The van der Waals surface area contributed by atoms with E-state index in [0.717, 1.165) is 6.20 Å². The third-order valence-corrected chi connectivity index (χ3v) is 3.66. The topological polar surface area (TPSA) is 89.5 Å². The molecule has 0 aliphatic heterocycles. The summed E-state index contributed by atoms with van der Waals surface area (Å²) in [6.45, 7) is 2.05. The zero-order valence-electron chi connectivity index (χ0n) is 11.4. The standard InChI is InChI=1S/C15H10ClNO5/c1-2-17-6-9(15(20)21)13(19)14-11(17)12(18)8-5-7(16)3-4-10(8)22-14/h3-6H,2H2,1H3,(H,20,21). The highest BCUT2D eigenvalue weighted by Crippen LogP contribution is 2.20. The van der Waals surface area contributed by atoms with E-state index in [9.17, 15) is 14.4 Å². The highest BCUT2D eigenvalue weighted by molar-refractivity contribution is 6.31. The van der Waals surface area contributed by atoms with Crippen molar-refractivity contribution in [3.05, 3.63) is 55.4 Å². The van der Waals surface area contributed by atoms with Crippen LogP contribution in [0.25, 0.3) is 22.1 Å². The first-order valence-electron chi connectivity index (χ1n) is 6.47. The predicted octanol–water partition coefficient (Wildman–Crippen LogP) is 2.48. The first kappa shape index (κ1) is 14.3. The Bertz CT molecular complexity index is 1050. The van der Waals surface area contributed by atoms with Crippen LogP contribution in [0.15, 0.2) is 38.4 Å². The van der Waals surface area contributed by atoms with E-state index < -0.39 is 22.4 Å². The molecule has 7 heteroatoms. The fourth-order valence-corrected chi connectivity index (χ4v) is 2.55. The van der Waals surface area contributed by atoms with Gasteiger partial charge in [-0.2, -0.15) is 0 Å². The summed E-state index contributed by atoms with van der Waals surface area (Å²) < 4.78 is 6.89. The van der Waals surface area contributed by atoms with Gasteiger partial charge in [-0.3, -0.25) is 9.59 Å². The molecule has 3 rings (SSSR count). The van der Waals surface area contributed by atoms with Gasteiger partial charge in [0, 0.05) is 17.8 Å². The van der Waals surface area contributed by atoms with Gasteiger partial charge in [0.05, 0.1) is 5.39 Å². The molecule has 1 N–H and O–H groups in total. The second kappa shape index (κ2) is 4.99. The van der Waals surface area contributed by atoms with E-state index in [4.69, 9.17) is 21.1 Å². The van der Waals surface area contributed by atoms with Crippen LogP contribution in [0.1, 0.15) is 17.3 Å². The Kier molecular flexibility index (Phi) is 3.26. The molecule has 0 atom stereocenters. The molecule has 6 nitrogen and oxygen atoms in total. The van der Waals surface area contributed by atoms with Crippen molar-refractivity contribution in [3.63, 3.8) is 0 Å². The molecule has 0 unspecified atom stereocenters. The summed E-state index contributed by atoms with van der Waals surface area (Å²) in [4.78, 5) is 36.1. The smallest absolute Gasteiger partial charge is 0.341 e. The minimum absolute atomic E-state index is 0.0345. The summed E-state index contributed by atoms with van der Waals surface area (Å²) in [6.07, 6.45) is 1.15. The largest absolute Gasteiger partial charge is 0.477 e. The van der Waals surface area contributed by atoms with Crippen molar-refractivity contribution < 1.29 is 14.3 Å². The number of nitrogens with zero attached hydrogens (tertiary/aromatic N) is 1. The molecular weight excluding hydrogens is 310 g/mol. The molecule has 0 saturated carbocycles. The second-order valence-corrected chi connectivity index (χ2v) is 5.15. The molecule has 0 bridgehead atoms. The van der Waals surface area contributed by atoms with Crippen molar-refractivity contribution in [2.45, 2.75) is 13.5 Å². The number of carbonyl (C=O) groups is 1. The van der Waals surface area contributed by atoms with Crippen molar-refractivity contribution in [2.75, 3.05) is 0 Å². The number of aromatic carboxylic acids is 1. The third kappa shape index (κ3) is 2.00. The molecule has 0 radical (unpaired) electrons. The Morgan fingerprint density at radius 1 is 1.32 bits per heavy atom. The van der Waals surface area contributed by atoms with Crippen molar-refractivity contribution in [2.24, 2.45) is 0 Å². The van der Waals surface area contributed by atoms with Crippen LogP contribution in [-0.4, -0.2) is 15.6 Å². The van der Waals surface area contributed by atoms with Crippen LogP contribution >= 0.6 is 11.6 Å². The molecule has 0 amide bonds. The van der Waals surface area contributed by atoms with Crippen LogP contribution in [-0.2, 0) is 6.54 Å². The normalized spacial score (nSPS) is 11.2. The van der Waals surface area contributed by atoms with Crippen molar-refractivity contribution in [3.8, 4) is 0 Å². The maximum atomic E-state index is 12.6. The second-order valence-electron chi connectivity index (χ2n) is 4.71. The van der Waals surface area contributed by atoms with Crippen LogP contribution in [0.5, 0.6) is 0 Å². The van der Waals surface area contributed by atoms with Crippen molar-refractivity contribution in [1.82, 2.24) is 4.57 Å². The minimum Gasteiger partial charge on any atom is -0.477 e. The van der Waals surface area contributed by atoms with Gasteiger partial charge in [0.2, 0.25) is 16.4 Å². The van der Waals surface area contributed by atoms with E-state index in [1.807, 2.05) is 0 Å². The van der Waals surface area contributed by atoms with E-state index in [-0.39, 0.29) is 22.1 Å². The average molecular weight is 320 g/mol. The van der Waals surface area contributed by atoms with Crippen molar-refractivity contribution in [1.29, 1.82) is 0 Å². The van der Waals surface area contributed by atoms with Crippen LogP contribution in [0.2, 0.25) is 5.02 Å². The lowest BCUT2D eigenvalue weighted by molar-refractivity contribution is 0.0694. The number of carboxylic acids is 1. The molecule has 0 saturated heterocycles. The molecule has 0 aliphatic carbocycles. The summed E-state index contributed by atoms with van der Waals surface area (Å²) >= 11 is 5.89. The molecule has 0 spiro atoms. The molecule has 22 heavy (non-hydrogen) atoms. The Morgan fingerprint density at radius 3 is 2.68 bits per heavy atom. The zero-order valence-corrected chi connectivity index (χ0v) is 12.2. The lowest BCUT2D eigenvalue weighted by Crippen LogP contribution is -2.22. The summed E-state index contributed by atoms with van der Waals surface area (Å²) in [6, 6.07) is 4.46. The number of hydrogen-bond donors (Lipinski definition) is 1. The van der Waals surface area contributed by atoms with Gasteiger partial charge >= 0.3 is 5.97 Å². The van der Waals surface area contributed by atoms with Gasteiger partial charge in [-0.1, -0.05) is 11.6 Å². The van der Waals surface area contributed by atoms with Crippen LogP contribution in [0.4, 0.5) is 0 Å². The number of pyridine rings is 1. The van der Waals surface area contributed by atoms with Gasteiger partial charge < -0.3 is 14.1 Å². The summed E-state index contributed by atoms with van der Waals surface area (Å²) in [5.41, 5.74) is -1.72. The van der Waals surface area contributed by atoms with E-state index in [0.29, 0.717) is 11.6 Å². The number of carboxylic acid groups (broad SMARTS) is 1. The van der Waals surface area contributed by atoms with Crippen LogP contribution in [0.3, 0.4) is 0 Å². The number of halogens is 1. The summed E-state index contributed by atoms with van der Waals surface area (Å²) in [5, 5.41) is 9.72. The van der Waals surface area contributed by atoms with E-state index in [2.05, 4.69) is 0 Å². The van der Waals surface area contributed by atoms with Gasteiger partial charge in [0.15, 0.2) is 0 Å². The SMILES string of the molecule is CCn1cc(C(=O)O)c(=O)c2oc3ccc(Cl)cc3c(=O)c21. The molecular formula is C15H10ClNO5. The third-order valence-electron chi connectivity index (χ3n) is 3.42. The fourth-order valence-electron chi connectivity index (χ4n) is 2.38. The molecule has 3 aromatic rings. The van der Waals surface area contributed by atoms with Crippen molar-refractivity contribution >= 4 is 39.6 Å². The lowest BCUT2D eigenvalue weighted by atomic mass is 10.1. The number of aromatic nitrogens is 1. The Hall–Kier alpha value is -2.60. The molecule has 2 aromatic heterocycles. The first-order chi connectivity index (χ1) is 10.4. The molecule has 112 valence electrons.